The van der Waals surface area contributed by atoms with E-state index in [1.807, 2.05) is 13.1 Å². The molecule has 1 unspecified atom stereocenters. The molecule has 0 amide bonds. The fourth-order valence-corrected chi connectivity index (χ4v) is 3.30. The molecule has 2 aromatic rings. The molecule has 112 valence electrons. The van der Waals surface area contributed by atoms with Crippen molar-refractivity contribution in [2.75, 3.05) is 27.2 Å². The summed E-state index contributed by atoms with van der Waals surface area (Å²) in [5.41, 5.74) is 1.40. The first kappa shape index (κ1) is 14.4. The number of benzene rings is 2. The summed E-state index contributed by atoms with van der Waals surface area (Å²) < 4.78 is 5.29. The Kier molecular flexibility index (Phi) is 4.42. The molecule has 0 saturated carbocycles. The van der Waals surface area contributed by atoms with Crippen molar-refractivity contribution in [2.24, 2.45) is 0 Å². The average Bonchev–Trinajstić information content (AvgIpc) is 2.94. The fourth-order valence-electron chi connectivity index (χ4n) is 3.30. The standard InChI is InChI=1S/C18H24N2O/c1-19-12-17-4-3-9-20(17)13-14-5-6-16-11-18(21-2)8-7-15(16)10-14/h5-8,10-11,17,19H,3-4,9,12-13H2,1-2H3. The van der Waals surface area contributed by atoms with Crippen molar-refractivity contribution in [3.8, 4) is 5.75 Å². The Labute approximate surface area is 126 Å². The number of hydrogen-bond acceptors (Lipinski definition) is 3. The van der Waals surface area contributed by atoms with Crippen LogP contribution in [0.25, 0.3) is 10.8 Å². The number of methoxy groups -OCH3 is 1. The molecule has 1 N–H and O–H groups in total. The quantitative estimate of drug-likeness (QED) is 0.913. The van der Waals surface area contributed by atoms with Crippen LogP contribution in [0.5, 0.6) is 5.75 Å². The van der Waals surface area contributed by atoms with Crippen molar-refractivity contribution >= 4 is 10.8 Å². The predicted molar refractivity (Wildman–Crippen MR) is 87.9 cm³/mol. The largest absolute Gasteiger partial charge is 0.497 e. The summed E-state index contributed by atoms with van der Waals surface area (Å²) in [5, 5.41) is 5.84. The Bertz CT molecular complexity index is 611. The van der Waals surface area contributed by atoms with Gasteiger partial charge in [0.25, 0.3) is 0 Å². The molecule has 1 aliphatic heterocycles. The molecule has 0 spiro atoms. The molecule has 1 aliphatic rings. The molecular formula is C18H24N2O. The van der Waals surface area contributed by atoms with Gasteiger partial charge in [-0.15, -0.1) is 0 Å². The van der Waals surface area contributed by atoms with Gasteiger partial charge in [-0.2, -0.15) is 0 Å². The van der Waals surface area contributed by atoms with E-state index in [2.05, 4.69) is 40.5 Å². The maximum absolute atomic E-state index is 5.29. The molecule has 0 aliphatic carbocycles. The highest BCUT2D eigenvalue weighted by Gasteiger charge is 2.23. The molecule has 2 aromatic carbocycles. The summed E-state index contributed by atoms with van der Waals surface area (Å²) in [7, 11) is 3.75. The molecule has 21 heavy (non-hydrogen) atoms. The van der Waals surface area contributed by atoms with E-state index < -0.39 is 0 Å². The van der Waals surface area contributed by atoms with E-state index in [1.54, 1.807) is 7.11 Å². The highest BCUT2D eigenvalue weighted by Crippen LogP contribution is 2.24. The van der Waals surface area contributed by atoms with Crippen LogP contribution in [0.15, 0.2) is 36.4 Å². The minimum atomic E-state index is 0.682. The summed E-state index contributed by atoms with van der Waals surface area (Å²) in [6.07, 6.45) is 2.63. The zero-order chi connectivity index (χ0) is 14.7. The highest BCUT2D eigenvalue weighted by molar-refractivity contribution is 5.84. The lowest BCUT2D eigenvalue weighted by molar-refractivity contribution is 0.242. The minimum absolute atomic E-state index is 0.682. The first-order chi connectivity index (χ1) is 10.3. The lowest BCUT2D eigenvalue weighted by Crippen LogP contribution is -2.36. The SMILES string of the molecule is CNCC1CCCN1Cc1ccc2cc(OC)ccc2c1. The van der Waals surface area contributed by atoms with E-state index in [1.165, 1.54) is 35.7 Å². The van der Waals surface area contributed by atoms with Crippen LogP contribution in [0, 0.1) is 0 Å². The van der Waals surface area contributed by atoms with Gasteiger partial charge in [0.15, 0.2) is 0 Å². The monoisotopic (exact) mass is 284 g/mol. The van der Waals surface area contributed by atoms with Gasteiger partial charge in [0, 0.05) is 19.1 Å². The summed E-state index contributed by atoms with van der Waals surface area (Å²) >= 11 is 0. The van der Waals surface area contributed by atoms with Crippen LogP contribution in [-0.2, 0) is 6.54 Å². The first-order valence-electron chi connectivity index (χ1n) is 7.75. The Morgan fingerprint density at radius 2 is 2.00 bits per heavy atom. The summed E-state index contributed by atoms with van der Waals surface area (Å²) in [6, 6.07) is 13.7. The number of fused-ring (bicyclic) bond motifs is 1. The van der Waals surface area contributed by atoms with Crippen molar-refractivity contribution in [3.05, 3.63) is 42.0 Å². The smallest absolute Gasteiger partial charge is 0.119 e. The third kappa shape index (κ3) is 3.20. The molecule has 1 heterocycles. The highest BCUT2D eigenvalue weighted by atomic mass is 16.5. The first-order valence-corrected chi connectivity index (χ1v) is 7.75. The molecule has 0 radical (unpaired) electrons. The van der Waals surface area contributed by atoms with Gasteiger partial charge in [-0.25, -0.2) is 0 Å². The van der Waals surface area contributed by atoms with Gasteiger partial charge in [-0.05, 0) is 61.0 Å². The maximum atomic E-state index is 5.29. The van der Waals surface area contributed by atoms with Gasteiger partial charge in [0.05, 0.1) is 7.11 Å². The van der Waals surface area contributed by atoms with Gasteiger partial charge >= 0.3 is 0 Å². The third-order valence-corrected chi connectivity index (χ3v) is 4.44. The second kappa shape index (κ2) is 6.46. The van der Waals surface area contributed by atoms with Gasteiger partial charge in [-0.1, -0.05) is 18.2 Å². The van der Waals surface area contributed by atoms with E-state index in [0.29, 0.717) is 6.04 Å². The number of rotatable bonds is 5. The molecule has 1 saturated heterocycles. The second-order valence-corrected chi connectivity index (χ2v) is 5.87. The average molecular weight is 284 g/mol. The van der Waals surface area contributed by atoms with Gasteiger partial charge in [0.1, 0.15) is 5.75 Å². The Balaban J connectivity index is 1.78. The molecule has 3 heteroatoms. The Hall–Kier alpha value is -1.58. The van der Waals surface area contributed by atoms with Crippen LogP contribution < -0.4 is 10.1 Å². The molecule has 0 bridgehead atoms. The summed E-state index contributed by atoms with van der Waals surface area (Å²) in [5.74, 6) is 0.920. The van der Waals surface area contributed by atoms with Crippen LogP contribution >= 0.6 is 0 Å². The third-order valence-electron chi connectivity index (χ3n) is 4.44. The number of nitrogens with one attached hydrogen (secondary N) is 1. The van der Waals surface area contributed by atoms with E-state index in [0.717, 1.165) is 18.8 Å². The Morgan fingerprint density at radius 3 is 2.81 bits per heavy atom. The van der Waals surface area contributed by atoms with Crippen LogP contribution in [-0.4, -0.2) is 38.2 Å². The van der Waals surface area contributed by atoms with Crippen LogP contribution in [0.1, 0.15) is 18.4 Å². The fraction of sp³-hybridized carbons (Fsp3) is 0.444. The molecular weight excluding hydrogens is 260 g/mol. The molecule has 3 nitrogen and oxygen atoms in total. The Morgan fingerprint density at radius 1 is 1.19 bits per heavy atom. The van der Waals surface area contributed by atoms with Crippen molar-refractivity contribution < 1.29 is 4.74 Å². The van der Waals surface area contributed by atoms with Gasteiger partial charge in [-0.3, -0.25) is 4.90 Å². The molecule has 3 rings (SSSR count). The van der Waals surface area contributed by atoms with Crippen LogP contribution in [0.3, 0.4) is 0 Å². The summed E-state index contributed by atoms with van der Waals surface area (Å²) in [4.78, 5) is 2.60. The van der Waals surface area contributed by atoms with Crippen molar-refractivity contribution in [3.63, 3.8) is 0 Å². The number of likely N-dealkylation sites (N-methyl/N-ethyl adjacent to an activating group) is 1. The topological polar surface area (TPSA) is 24.5 Å². The number of nitrogens with zero attached hydrogens (tertiary/aromatic N) is 1. The van der Waals surface area contributed by atoms with Crippen LogP contribution in [0.2, 0.25) is 0 Å². The van der Waals surface area contributed by atoms with Crippen LogP contribution in [0.4, 0.5) is 0 Å². The summed E-state index contributed by atoms with van der Waals surface area (Å²) in [6.45, 7) is 3.35. The molecule has 1 fully saturated rings. The predicted octanol–water partition coefficient (Wildman–Crippen LogP) is 3.03. The van der Waals surface area contributed by atoms with Crippen molar-refractivity contribution in [2.45, 2.75) is 25.4 Å². The van der Waals surface area contributed by atoms with E-state index in [-0.39, 0.29) is 0 Å². The van der Waals surface area contributed by atoms with E-state index in [9.17, 15) is 0 Å². The van der Waals surface area contributed by atoms with Gasteiger partial charge < -0.3 is 10.1 Å². The van der Waals surface area contributed by atoms with Gasteiger partial charge in [0.2, 0.25) is 0 Å². The van der Waals surface area contributed by atoms with E-state index in [4.69, 9.17) is 4.74 Å². The minimum Gasteiger partial charge on any atom is -0.497 e. The molecule has 1 atom stereocenters. The zero-order valence-corrected chi connectivity index (χ0v) is 12.9. The lowest BCUT2D eigenvalue weighted by atomic mass is 10.1. The zero-order valence-electron chi connectivity index (χ0n) is 12.9. The van der Waals surface area contributed by atoms with Crippen molar-refractivity contribution in [1.29, 1.82) is 0 Å². The van der Waals surface area contributed by atoms with Crippen molar-refractivity contribution in [1.82, 2.24) is 10.2 Å². The number of likely N-dealkylation sites (tertiary alicyclic amines) is 1. The molecule has 0 aromatic heterocycles. The second-order valence-electron chi connectivity index (χ2n) is 5.87. The number of ether oxygens (including phenoxy) is 1. The maximum Gasteiger partial charge on any atom is 0.119 e. The number of hydrogen-bond donors (Lipinski definition) is 1. The van der Waals surface area contributed by atoms with E-state index >= 15 is 0 Å². The lowest BCUT2D eigenvalue weighted by Gasteiger charge is -2.24. The normalized spacial score (nSPS) is 19.2.